The highest BCUT2D eigenvalue weighted by Gasteiger charge is 2.30. The Morgan fingerprint density at radius 3 is 2.15 bits per heavy atom. The number of piperidine rings is 1. The van der Waals surface area contributed by atoms with E-state index < -0.39 is 5.97 Å². The van der Waals surface area contributed by atoms with E-state index >= 15 is 0 Å². The molecule has 0 radical (unpaired) electrons. The molecular formula is C19H27NO6. The summed E-state index contributed by atoms with van der Waals surface area (Å²) in [6, 6.07) is 3.43. The summed E-state index contributed by atoms with van der Waals surface area (Å²) >= 11 is 0. The number of hydrogen-bond donors (Lipinski definition) is 0. The van der Waals surface area contributed by atoms with Crippen molar-refractivity contribution in [1.82, 2.24) is 4.90 Å². The largest absolute Gasteiger partial charge is 0.493 e. The Morgan fingerprint density at radius 2 is 1.62 bits per heavy atom. The predicted octanol–water partition coefficient (Wildman–Crippen LogP) is 2.66. The zero-order valence-electron chi connectivity index (χ0n) is 16.0. The molecule has 0 saturated carbocycles. The Hall–Kier alpha value is -2.44. The van der Waals surface area contributed by atoms with Crippen LogP contribution >= 0.6 is 0 Å². The van der Waals surface area contributed by atoms with Gasteiger partial charge in [0, 0.05) is 12.1 Å². The Balaban J connectivity index is 2.11. The van der Waals surface area contributed by atoms with E-state index in [-0.39, 0.29) is 35.9 Å². The summed E-state index contributed by atoms with van der Waals surface area (Å²) in [5.74, 6) is 0.122. The van der Waals surface area contributed by atoms with Crippen LogP contribution in [0.15, 0.2) is 12.1 Å². The highest BCUT2D eigenvalue weighted by atomic mass is 16.5. The highest BCUT2D eigenvalue weighted by Crippen LogP contribution is 2.40. The van der Waals surface area contributed by atoms with Crippen molar-refractivity contribution in [2.45, 2.75) is 45.2 Å². The standard InChI is InChI=1S/C19H27NO6/c1-12-7-6-8-13(2)20(12)16(21)11-26-19(22)14-9-10-15(23-3)18(25-5)17(14)24-4/h9-10,12-13H,6-8,11H2,1-5H3. The van der Waals surface area contributed by atoms with Crippen LogP contribution in [0.5, 0.6) is 17.2 Å². The number of esters is 1. The third kappa shape index (κ3) is 4.03. The molecule has 0 aliphatic carbocycles. The topological polar surface area (TPSA) is 74.3 Å². The number of amides is 1. The second-order valence-corrected chi connectivity index (χ2v) is 6.39. The lowest BCUT2D eigenvalue weighted by Crippen LogP contribution is -2.49. The molecule has 144 valence electrons. The molecule has 1 aliphatic heterocycles. The molecule has 1 aromatic carbocycles. The molecule has 7 heteroatoms. The summed E-state index contributed by atoms with van der Waals surface area (Å²) in [6.07, 6.45) is 3.04. The molecule has 1 amide bonds. The van der Waals surface area contributed by atoms with Gasteiger partial charge >= 0.3 is 5.97 Å². The van der Waals surface area contributed by atoms with Crippen molar-refractivity contribution in [3.05, 3.63) is 17.7 Å². The molecule has 0 N–H and O–H groups in total. The molecule has 1 aromatic rings. The fourth-order valence-electron chi connectivity index (χ4n) is 3.45. The second-order valence-electron chi connectivity index (χ2n) is 6.39. The SMILES string of the molecule is COc1ccc(C(=O)OCC(=O)N2C(C)CCCC2C)c(OC)c1OC. The van der Waals surface area contributed by atoms with Gasteiger partial charge < -0.3 is 23.8 Å². The van der Waals surface area contributed by atoms with E-state index in [1.807, 2.05) is 18.7 Å². The maximum Gasteiger partial charge on any atom is 0.342 e. The second kappa shape index (κ2) is 8.78. The van der Waals surface area contributed by atoms with Gasteiger partial charge in [-0.15, -0.1) is 0 Å². The van der Waals surface area contributed by atoms with Crippen LogP contribution in [0.4, 0.5) is 0 Å². The van der Waals surface area contributed by atoms with Gasteiger partial charge in [-0.2, -0.15) is 0 Å². The number of carbonyl (C=O) groups excluding carboxylic acids is 2. The Labute approximate surface area is 154 Å². The quantitative estimate of drug-likeness (QED) is 0.722. The van der Waals surface area contributed by atoms with Gasteiger partial charge in [-0.05, 0) is 45.2 Å². The molecule has 26 heavy (non-hydrogen) atoms. The predicted molar refractivity (Wildman–Crippen MR) is 96.0 cm³/mol. The Bertz CT molecular complexity index is 650. The van der Waals surface area contributed by atoms with E-state index in [2.05, 4.69) is 0 Å². The third-order valence-electron chi connectivity index (χ3n) is 4.73. The van der Waals surface area contributed by atoms with Crippen molar-refractivity contribution in [2.24, 2.45) is 0 Å². The molecule has 0 aromatic heterocycles. The first kappa shape index (κ1) is 19.9. The van der Waals surface area contributed by atoms with E-state index in [1.165, 1.54) is 27.4 Å². The van der Waals surface area contributed by atoms with Gasteiger partial charge in [-0.25, -0.2) is 4.79 Å². The maximum absolute atomic E-state index is 12.5. The van der Waals surface area contributed by atoms with E-state index in [4.69, 9.17) is 18.9 Å². The molecule has 0 spiro atoms. The number of likely N-dealkylation sites (tertiary alicyclic amines) is 1. The summed E-state index contributed by atoms with van der Waals surface area (Å²) in [7, 11) is 4.38. The zero-order chi connectivity index (χ0) is 19.3. The van der Waals surface area contributed by atoms with E-state index in [0.717, 1.165) is 19.3 Å². The van der Waals surface area contributed by atoms with E-state index in [9.17, 15) is 9.59 Å². The van der Waals surface area contributed by atoms with Gasteiger partial charge in [0.05, 0.1) is 21.3 Å². The van der Waals surface area contributed by atoms with Crippen molar-refractivity contribution < 1.29 is 28.5 Å². The molecule has 0 bridgehead atoms. The summed E-state index contributed by atoms with van der Waals surface area (Å²) in [6.45, 7) is 3.74. The zero-order valence-corrected chi connectivity index (χ0v) is 16.0. The molecule has 1 heterocycles. The van der Waals surface area contributed by atoms with E-state index in [1.54, 1.807) is 6.07 Å². The van der Waals surface area contributed by atoms with Gasteiger partial charge in [0.15, 0.2) is 18.1 Å². The first-order valence-electron chi connectivity index (χ1n) is 8.71. The number of ether oxygens (including phenoxy) is 4. The fraction of sp³-hybridized carbons (Fsp3) is 0.579. The van der Waals surface area contributed by atoms with Crippen LogP contribution < -0.4 is 14.2 Å². The fourth-order valence-corrected chi connectivity index (χ4v) is 3.45. The van der Waals surface area contributed by atoms with Crippen LogP contribution in [-0.4, -0.2) is 56.8 Å². The van der Waals surface area contributed by atoms with Gasteiger partial charge in [0.1, 0.15) is 5.56 Å². The lowest BCUT2D eigenvalue weighted by Gasteiger charge is -2.38. The first-order valence-corrected chi connectivity index (χ1v) is 8.71. The van der Waals surface area contributed by atoms with Gasteiger partial charge in [0.25, 0.3) is 5.91 Å². The van der Waals surface area contributed by atoms with Crippen molar-refractivity contribution >= 4 is 11.9 Å². The molecule has 2 rings (SSSR count). The average molecular weight is 365 g/mol. The van der Waals surface area contributed by atoms with Crippen LogP contribution in [-0.2, 0) is 9.53 Å². The van der Waals surface area contributed by atoms with Crippen LogP contribution in [0.3, 0.4) is 0 Å². The lowest BCUT2D eigenvalue weighted by molar-refractivity contribution is -0.140. The monoisotopic (exact) mass is 365 g/mol. The van der Waals surface area contributed by atoms with Crippen molar-refractivity contribution in [2.75, 3.05) is 27.9 Å². The minimum atomic E-state index is -0.645. The minimum absolute atomic E-state index is 0.153. The number of carbonyl (C=O) groups is 2. The van der Waals surface area contributed by atoms with Gasteiger partial charge in [0.2, 0.25) is 5.75 Å². The third-order valence-corrected chi connectivity index (χ3v) is 4.73. The number of nitrogens with zero attached hydrogens (tertiary/aromatic N) is 1. The molecule has 2 atom stereocenters. The summed E-state index contributed by atoms with van der Waals surface area (Å²) in [5.41, 5.74) is 0.178. The van der Waals surface area contributed by atoms with Crippen LogP contribution in [0.2, 0.25) is 0 Å². The lowest BCUT2D eigenvalue weighted by atomic mass is 9.97. The Kier molecular flexibility index (Phi) is 6.71. The smallest absolute Gasteiger partial charge is 0.342 e. The first-order chi connectivity index (χ1) is 12.4. The number of benzene rings is 1. The average Bonchev–Trinajstić information content (AvgIpc) is 2.64. The highest BCUT2D eigenvalue weighted by molar-refractivity contribution is 5.95. The molecule has 1 saturated heterocycles. The number of hydrogen-bond acceptors (Lipinski definition) is 6. The van der Waals surface area contributed by atoms with Crippen molar-refractivity contribution in [1.29, 1.82) is 0 Å². The minimum Gasteiger partial charge on any atom is -0.493 e. The van der Waals surface area contributed by atoms with E-state index in [0.29, 0.717) is 11.5 Å². The van der Waals surface area contributed by atoms with Gasteiger partial charge in [-0.3, -0.25) is 4.79 Å². The molecule has 1 aliphatic rings. The maximum atomic E-state index is 12.5. The van der Waals surface area contributed by atoms with Crippen LogP contribution in [0.25, 0.3) is 0 Å². The van der Waals surface area contributed by atoms with Crippen molar-refractivity contribution in [3.8, 4) is 17.2 Å². The number of methoxy groups -OCH3 is 3. The van der Waals surface area contributed by atoms with Gasteiger partial charge in [-0.1, -0.05) is 0 Å². The Morgan fingerprint density at radius 1 is 1.00 bits per heavy atom. The van der Waals surface area contributed by atoms with Crippen LogP contribution in [0, 0.1) is 0 Å². The molecule has 2 unspecified atom stereocenters. The summed E-state index contributed by atoms with van der Waals surface area (Å²) in [5, 5.41) is 0. The summed E-state index contributed by atoms with van der Waals surface area (Å²) < 4.78 is 21.0. The number of rotatable bonds is 6. The normalized spacial score (nSPS) is 19.7. The summed E-state index contributed by atoms with van der Waals surface area (Å²) in [4.78, 5) is 26.8. The molecule has 1 fully saturated rings. The van der Waals surface area contributed by atoms with Crippen molar-refractivity contribution in [3.63, 3.8) is 0 Å². The van der Waals surface area contributed by atoms with Crippen LogP contribution in [0.1, 0.15) is 43.5 Å². The molecule has 7 nitrogen and oxygen atoms in total. The molecular weight excluding hydrogens is 338 g/mol.